The number of ether oxygens (including phenoxy) is 1. The molecule has 0 atom stereocenters. The molecule has 0 bridgehead atoms. The van der Waals surface area contributed by atoms with E-state index in [4.69, 9.17) is 4.74 Å². The minimum atomic E-state index is -3.52. The van der Waals surface area contributed by atoms with Crippen LogP contribution in [0.1, 0.15) is 17.5 Å². The summed E-state index contributed by atoms with van der Waals surface area (Å²) in [5.41, 5.74) is 3.94. The van der Waals surface area contributed by atoms with Crippen molar-refractivity contribution < 1.29 is 22.3 Å². The maximum atomic E-state index is 12.8. The van der Waals surface area contributed by atoms with Gasteiger partial charge in [-0.3, -0.25) is 4.79 Å². The van der Waals surface area contributed by atoms with E-state index in [1.807, 2.05) is 0 Å². The number of amides is 1. The molecule has 9 heteroatoms. The number of aryl methyl sites for hydroxylation is 1. The molecule has 0 radical (unpaired) electrons. The number of hydrogen-bond acceptors (Lipinski definition) is 5. The molecule has 29 heavy (non-hydrogen) atoms. The number of sulfonamides is 1. The maximum Gasteiger partial charge on any atom is 0.243 e. The Hall–Kier alpha value is -2.62. The third-order valence-electron chi connectivity index (χ3n) is 4.44. The van der Waals surface area contributed by atoms with Crippen molar-refractivity contribution >= 4 is 22.1 Å². The molecule has 0 saturated carbocycles. The second-order valence-electron chi connectivity index (χ2n) is 6.51. The van der Waals surface area contributed by atoms with E-state index in [1.165, 1.54) is 22.7 Å². The van der Waals surface area contributed by atoms with Crippen molar-refractivity contribution in [2.45, 2.75) is 17.7 Å². The molecule has 154 valence electrons. The first-order valence-corrected chi connectivity index (χ1v) is 10.6. The van der Waals surface area contributed by atoms with E-state index < -0.39 is 10.0 Å². The zero-order chi connectivity index (χ0) is 20.7. The van der Waals surface area contributed by atoms with Gasteiger partial charge in [-0.25, -0.2) is 18.2 Å². The average Bonchev–Trinajstić information content (AvgIpc) is 2.74. The van der Waals surface area contributed by atoms with Gasteiger partial charge in [0.15, 0.2) is 0 Å². The molecule has 0 aliphatic carbocycles. The van der Waals surface area contributed by atoms with Gasteiger partial charge in [0.2, 0.25) is 15.9 Å². The predicted octanol–water partition coefficient (Wildman–Crippen LogP) is 1.93. The number of carbonyl (C=O) groups excluding carboxylic acids is 1. The Balaban J connectivity index is 1.49. The zero-order valence-electron chi connectivity index (χ0n) is 15.8. The number of rotatable bonds is 7. The van der Waals surface area contributed by atoms with Crippen molar-refractivity contribution in [3.05, 3.63) is 65.5 Å². The molecule has 1 heterocycles. The van der Waals surface area contributed by atoms with Gasteiger partial charge in [-0.1, -0.05) is 24.3 Å². The Morgan fingerprint density at radius 3 is 2.41 bits per heavy atom. The van der Waals surface area contributed by atoms with E-state index in [1.54, 1.807) is 36.4 Å². The fourth-order valence-corrected chi connectivity index (χ4v) is 4.21. The summed E-state index contributed by atoms with van der Waals surface area (Å²) in [5.74, 6) is -0.608. The van der Waals surface area contributed by atoms with Crippen LogP contribution in [-0.2, 0) is 26.0 Å². The predicted molar refractivity (Wildman–Crippen MR) is 106 cm³/mol. The smallest absolute Gasteiger partial charge is 0.243 e. The summed E-state index contributed by atoms with van der Waals surface area (Å²) in [6.07, 6.45) is 2.09. The number of nitrogens with zero attached hydrogens (tertiary/aromatic N) is 2. The molecule has 7 nitrogen and oxygen atoms in total. The number of hydrogen-bond donors (Lipinski definition) is 1. The Bertz CT molecular complexity index is 954. The van der Waals surface area contributed by atoms with Gasteiger partial charge < -0.3 is 4.74 Å². The largest absolute Gasteiger partial charge is 0.379 e. The Kier molecular flexibility index (Phi) is 7.08. The van der Waals surface area contributed by atoms with Gasteiger partial charge in [0.25, 0.3) is 0 Å². The second kappa shape index (κ2) is 9.73. The van der Waals surface area contributed by atoms with Crippen LogP contribution in [0.2, 0.25) is 0 Å². The van der Waals surface area contributed by atoms with Gasteiger partial charge in [0, 0.05) is 19.5 Å². The van der Waals surface area contributed by atoms with Crippen molar-refractivity contribution in [3.63, 3.8) is 0 Å². The lowest BCUT2D eigenvalue weighted by Crippen LogP contribution is -2.40. The number of carbonyl (C=O) groups is 1. The lowest BCUT2D eigenvalue weighted by Gasteiger charge is -2.26. The number of nitrogens with one attached hydrogen (secondary N) is 1. The molecule has 1 saturated heterocycles. The van der Waals surface area contributed by atoms with Crippen LogP contribution in [0.15, 0.2) is 58.5 Å². The van der Waals surface area contributed by atoms with E-state index in [0.717, 1.165) is 5.56 Å². The lowest BCUT2D eigenvalue weighted by atomic mass is 10.1. The molecule has 0 spiro atoms. The molecule has 1 aliphatic rings. The summed E-state index contributed by atoms with van der Waals surface area (Å²) in [6.45, 7) is 1.50. The van der Waals surface area contributed by atoms with Crippen LogP contribution < -0.4 is 5.43 Å². The topological polar surface area (TPSA) is 88.1 Å². The van der Waals surface area contributed by atoms with E-state index in [9.17, 15) is 17.6 Å². The van der Waals surface area contributed by atoms with Gasteiger partial charge in [-0.2, -0.15) is 9.41 Å². The number of morpholine rings is 1. The van der Waals surface area contributed by atoms with Crippen LogP contribution in [0, 0.1) is 5.82 Å². The SMILES string of the molecule is O=C(CCc1ccc(S(=O)(=O)N2CCOCC2)cc1)N/N=C/c1ccc(F)cc1. The van der Waals surface area contributed by atoms with Gasteiger partial charge in [-0.05, 0) is 41.8 Å². The molecular formula is C20H22FN3O4S. The van der Waals surface area contributed by atoms with Crippen LogP contribution in [0.3, 0.4) is 0 Å². The van der Waals surface area contributed by atoms with E-state index in [0.29, 0.717) is 38.3 Å². The highest BCUT2D eigenvalue weighted by Crippen LogP contribution is 2.18. The number of benzene rings is 2. The van der Waals surface area contributed by atoms with E-state index >= 15 is 0 Å². The summed E-state index contributed by atoms with van der Waals surface area (Å²) in [6, 6.07) is 12.3. The quantitative estimate of drug-likeness (QED) is 0.549. The second-order valence-corrected chi connectivity index (χ2v) is 8.44. The molecule has 1 N–H and O–H groups in total. The summed E-state index contributed by atoms with van der Waals surface area (Å²) in [5, 5.41) is 3.84. The molecule has 3 rings (SSSR count). The first kappa shape index (κ1) is 21.1. The number of halogens is 1. The average molecular weight is 419 g/mol. The van der Waals surface area contributed by atoms with Gasteiger partial charge in [0.05, 0.1) is 24.3 Å². The third-order valence-corrected chi connectivity index (χ3v) is 6.36. The maximum absolute atomic E-state index is 12.8. The first-order valence-electron chi connectivity index (χ1n) is 9.19. The Morgan fingerprint density at radius 2 is 1.76 bits per heavy atom. The molecule has 1 amide bonds. The lowest BCUT2D eigenvalue weighted by molar-refractivity contribution is -0.121. The summed E-state index contributed by atoms with van der Waals surface area (Å²) >= 11 is 0. The summed E-state index contributed by atoms with van der Waals surface area (Å²) < 4.78 is 44.6. The highest BCUT2D eigenvalue weighted by molar-refractivity contribution is 7.89. The van der Waals surface area contributed by atoms with Gasteiger partial charge in [-0.15, -0.1) is 0 Å². The normalized spacial score (nSPS) is 15.5. The fraction of sp³-hybridized carbons (Fsp3) is 0.300. The molecule has 0 aromatic heterocycles. The van der Waals surface area contributed by atoms with Gasteiger partial charge in [0.1, 0.15) is 5.82 Å². The van der Waals surface area contributed by atoms with E-state index in [2.05, 4.69) is 10.5 Å². The molecular weight excluding hydrogens is 397 g/mol. The molecule has 2 aromatic rings. The first-order chi connectivity index (χ1) is 13.9. The molecule has 1 fully saturated rings. The molecule has 2 aromatic carbocycles. The van der Waals surface area contributed by atoms with Crippen molar-refractivity contribution in [2.24, 2.45) is 5.10 Å². The summed E-state index contributed by atoms with van der Waals surface area (Å²) in [4.78, 5) is 12.1. The van der Waals surface area contributed by atoms with Crippen LogP contribution in [0.5, 0.6) is 0 Å². The zero-order valence-corrected chi connectivity index (χ0v) is 16.6. The minimum Gasteiger partial charge on any atom is -0.379 e. The monoisotopic (exact) mass is 419 g/mol. The Morgan fingerprint density at radius 1 is 1.10 bits per heavy atom. The number of hydrazone groups is 1. The highest BCUT2D eigenvalue weighted by atomic mass is 32.2. The minimum absolute atomic E-state index is 0.205. The van der Waals surface area contributed by atoms with Crippen molar-refractivity contribution in [1.29, 1.82) is 0 Å². The van der Waals surface area contributed by atoms with Crippen LogP contribution in [-0.4, -0.2) is 51.1 Å². The Labute approximate surface area is 169 Å². The summed E-state index contributed by atoms with van der Waals surface area (Å²) in [7, 11) is -3.52. The van der Waals surface area contributed by atoms with Crippen molar-refractivity contribution in [3.8, 4) is 0 Å². The van der Waals surface area contributed by atoms with Crippen LogP contribution in [0.4, 0.5) is 4.39 Å². The van der Waals surface area contributed by atoms with Crippen molar-refractivity contribution in [2.75, 3.05) is 26.3 Å². The van der Waals surface area contributed by atoms with Crippen LogP contribution >= 0.6 is 0 Å². The third kappa shape index (κ3) is 5.93. The van der Waals surface area contributed by atoms with Gasteiger partial charge >= 0.3 is 0 Å². The van der Waals surface area contributed by atoms with E-state index in [-0.39, 0.29) is 23.0 Å². The fourth-order valence-electron chi connectivity index (χ4n) is 2.81. The molecule has 1 aliphatic heterocycles. The highest BCUT2D eigenvalue weighted by Gasteiger charge is 2.26. The van der Waals surface area contributed by atoms with Crippen molar-refractivity contribution in [1.82, 2.24) is 9.73 Å². The van der Waals surface area contributed by atoms with Crippen LogP contribution in [0.25, 0.3) is 0 Å². The standard InChI is InChI=1S/C20H22FN3O4S/c21-18-6-1-17(2-7-18)15-22-23-20(25)10-5-16-3-8-19(9-4-16)29(26,27)24-11-13-28-14-12-24/h1-4,6-9,15H,5,10-14H2,(H,23,25)/b22-15+. The molecule has 0 unspecified atom stereocenters.